The summed E-state index contributed by atoms with van der Waals surface area (Å²) in [4.78, 5) is 19.5. The SMILES string of the molecule is N#Cc1cccc(CN2CCc3nc(-c4ccccn4)nc(N4CCCCCC4)c3C2)c1. The summed E-state index contributed by atoms with van der Waals surface area (Å²) in [5.74, 6) is 1.83. The van der Waals surface area contributed by atoms with Gasteiger partial charge >= 0.3 is 0 Å². The number of pyridine rings is 1. The highest BCUT2D eigenvalue weighted by Gasteiger charge is 2.26. The van der Waals surface area contributed by atoms with Crippen molar-refractivity contribution in [2.45, 2.75) is 45.2 Å². The lowest BCUT2D eigenvalue weighted by Crippen LogP contribution is -2.34. The van der Waals surface area contributed by atoms with Crippen LogP contribution >= 0.6 is 0 Å². The molecule has 2 aromatic heterocycles. The fourth-order valence-corrected chi connectivity index (χ4v) is 4.74. The monoisotopic (exact) mass is 424 g/mol. The quantitative estimate of drug-likeness (QED) is 0.620. The molecular weight excluding hydrogens is 396 g/mol. The minimum absolute atomic E-state index is 0.716. The lowest BCUT2D eigenvalue weighted by Gasteiger charge is -2.33. The third kappa shape index (κ3) is 4.49. The Labute approximate surface area is 189 Å². The average molecular weight is 425 g/mol. The van der Waals surface area contributed by atoms with Gasteiger partial charge in [-0.1, -0.05) is 31.0 Å². The zero-order valence-electron chi connectivity index (χ0n) is 18.4. The molecule has 32 heavy (non-hydrogen) atoms. The van der Waals surface area contributed by atoms with Gasteiger partial charge in [0.1, 0.15) is 11.5 Å². The van der Waals surface area contributed by atoms with Crippen molar-refractivity contribution in [1.29, 1.82) is 5.26 Å². The number of benzene rings is 1. The predicted octanol–water partition coefficient (Wildman–Crippen LogP) is 4.35. The van der Waals surface area contributed by atoms with Crippen molar-refractivity contribution in [2.24, 2.45) is 0 Å². The maximum absolute atomic E-state index is 9.23. The Morgan fingerprint density at radius 2 is 1.81 bits per heavy atom. The van der Waals surface area contributed by atoms with Gasteiger partial charge in [0, 0.05) is 50.9 Å². The molecule has 0 bridgehead atoms. The Morgan fingerprint density at radius 3 is 2.59 bits per heavy atom. The summed E-state index contributed by atoms with van der Waals surface area (Å²) in [6.45, 7) is 4.71. The second-order valence-corrected chi connectivity index (χ2v) is 8.69. The summed E-state index contributed by atoms with van der Waals surface area (Å²) >= 11 is 0. The van der Waals surface area contributed by atoms with E-state index < -0.39 is 0 Å². The molecule has 0 unspecified atom stereocenters. The molecule has 1 aromatic carbocycles. The molecule has 2 aliphatic rings. The standard InChI is InChI=1S/C26H28N6/c27-17-20-8-7-9-21(16-20)18-31-15-11-23-22(19-31)26(32-13-5-1-2-6-14-32)30-25(29-23)24-10-3-4-12-28-24/h3-4,7-10,12,16H,1-2,5-6,11,13-15,18-19H2. The lowest BCUT2D eigenvalue weighted by atomic mass is 10.0. The maximum Gasteiger partial charge on any atom is 0.180 e. The van der Waals surface area contributed by atoms with Gasteiger partial charge in [-0.15, -0.1) is 0 Å². The molecule has 0 amide bonds. The van der Waals surface area contributed by atoms with Crippen LogP contribution < -0.4 is 4.90 Å². The molecule has 3 aromatic rings. The van der Waals surface area contributed by atoms with E-state index >= 15 is 0 Å². The van der Waals surface area contributed by atoms with Crippen LogP contribution in [0.4, 0.5) is 5.82 Å². The van der Waals surface area contributed by atoms with Gasteiger partial charge in [-0.05, 0) is 42.7 Å². The molecule has 4 heterocycles. The van der Waals surface area contributed by atoms with E-state index in [1.165, 1.54) is 36.8 Å². The van der Waals surface area contributed by atoms with E-state index in [0.717, 1.165) is 62.2 Å². The van der Waals surface area contributed by atoms with E-state index in [9.17, 15) is 5.26 Å². The first kappa shape index (κ1) is 20.6. The van der Waals surface area contributed by atoms with Crippen molar-refractivity contribution in [1.82, 2.24) is 19.9 Å². The molecule has 0 atom stereocenters. The maximum atomic E-state index is 9.23. The number of anilines is 1. The van der Waals surface area contributed by atoms with Crippen LogP contribution in [0, 0.1) is 11.3 Å². The van der Waals surface area contributed by atoms with Crippen LogP contribution in [0.2, 0.25) is 0 Å². The predicted molar refractivity (Wildman–Crippen MR) is 125 cm³/mol. The van der Waals surface area contributed by atoms with Gasteiger partial charge in [0.05, 0.1) is 17.3 Å². The van der Waals surface area contributed by atoms with Crippen LogP contribution in [-0.4, -0.2) is 39.5 Å². The van der Waals surface area contributed by atoms with E-state index in [1.807, 2.05) is 36.4 Å². The largest absolute Gasteiger partial charge is 0.356 e. The van der Waals surface area contributed by atoms with Gasteiger partial charge in [0.25, 0.3) is 0 Å². The fourth-order valence-electron chi connectivity index (χ4n) is 4.74. The summed E-state index contributed by atoms with van der Waals surface area (Å²) in [5.41, 5.74) is 5.14. The van der Waals surface area contributed by atoms with Crippen LogP contribution in [0.25, 0.3) is 11.5 Å². The minimum Gasteiger partial charge on any atom is -0.356 e. The van der Waals surface area contributed by atoms with Crippen LogP contribution in [-0.2, 0) is 19.5 Å². The molecule has 1 fully saturated rings. The second-order valence-electron chi connectivity index (χ2n) is 8.69. The highest BCUT2D eigenvalue weighted by molar-refractivity contribution is 5.58. The fraction of sp³-hybridized carbons (Fsp3) is 0.385. The molecule has 6 heteroatoms. The Morgan fingerprint density at radius 1 is 0.938 bits per heavy atom. The first-order chi connectivity index (χ1) is 15.8. The number of nitrogens with zero attached hydrogens (tertiary/aromatic N) is 6. The minimum atomic E-state index is 0.716. The van der Waals surface area contributed by atoms with Gasteiger partial charge < -0.3 is 4.90 Å². The topological polar surface area (TPSA) is 68.9 Å². The van der Waals surface area contributed by atoms with E-state index in [2.05, 4.69) is 26.9 Å². The third-order valence-corrected chi connectivity index (χ3v) is 6.38. The summed E-state index contributed by atoms with van der Waals surface area (Å²) in [6.07, 6.45) is 7.71. The Kier molecular flexibility index (Phi) is 6.09. The molecule has 0 saturated carbocycles. The zero-order valence-corrected chi connectivity index (χ0v) is 18.4. The number of hydrogen-bond acceptors (Lipinski definition) is 6. The lowest BCUT2D eigenvalue weighted by molar-refractivity contribution is 0.243. The third-order valence-electron chi connectivity index (χ3n) is 6.38. The molecule has 162 valence electrons. The molecule has 6 nitrogen and oxygen atoms in total. The van der Waals surface area contributed by atoms with Gasteiger partial charge in [0.15, 0.2) is 5.82 Å². The van der Waals surface area contributed by atoms with Crippen molar-refractivity contribution >= 4 is 5.82 Å². The number of aromatic nitrogens is 3. The van der Waals surface area contributed by atoms with Crippen LogP contribution in [0.3, 0.4) is 0 Å². The van der Waals surface area contributed by atoms with Crippen molar-refractivity contribution in [3.05, 3.63) is 71.0 Å². The molecule has 0 N–H and O–H groups in total. The van der Waals surface area contributed by atoms with E-state index in [0.29, 0.717) is 5.56 Å². The van der Waals surface area contributed by atoms with Gasteiger partial charge in [0.2, 0.25) is 0 Å². The Bertz CT molecular complexity index is 1110. The van der Waals surface area contributed by atoms with Gasteiger partial charge in [-0.25, -0.2) is 9.97 Å². The van der Waals surface area contributed by atoms with E-state index in [4.69, 9.17) is 9.97 Å². The van der Waals surface area contributed by atoms with E-state index in [1.54, 1.807) is 6.20 Å². The number of hydrogen-bond donors (Lipinski definition) is 0. The van der Waals surface area contributed by atoms with E-state index in [-0.39, 0.29) is 0 Å². The van der Waals surface area contributed by atoms with Crippen LogP contribution in [0.5, 0.6) is 0 Å². The summed E-state index contributed by atoms with van der Waals surface area (Å²) in [6, 6.07) is 16.1. The molecule has 0 spiro atoms. The van der Waals surface area contributed by atoms with Gasteiger partial charge in [-0.2, -0.15) is 5.26 Å². The zero-order chi connectivity index (χ0) is 21.8. The highest BCUT2D eigenvalue weighted by atomic mass is 15.2. The summed E-state index contributed by atoms with van der Waals surface area (Å²) in [5, 5.41) is 9.23. The number of nitriles is 1. The molecule has 1 saturated heterocycles. The van der Waals surface area contributed by atoms with Crippen LogP contribution in [0.15, 0.2) is 48.7 Å². The first-order valence-corrected chi connectivity index (χ1v) is 11.6. The van der Waals surface area contributed by atoms with Gasteiger partial charge in [-0.3, -0.25) is 9.88 Å². The molecule has 2 aliphatic heterocycles. The molecular formula is C26H28N6. The second kappa shape index (κ2) is 9.46. The molecule has 0 aliphatic carbocycles. The number of fused-ring (bicyclic) bond motifs is 1. The highest BCUT2D eigenvalue weighted by Crippen LogP contribution is 2.31. The summed E-state index contributed by atoms with van der Waals surface area (Å²) < 4.78 is 0. The number of rotatable bonds is 4. The first-order valence-electron chi connectivity index (χ1n) is 11.6. The van der Waals surface area contributed by atoms with Crippen molar-refractivity contribution in [2.75, 3.05) is 24.5 Å². The molecule has 0 radical (unpaired) electrons. The summed E-state index contributed by atoms with van der Waals surface area (Å²) in [7, 11) is 0. The average Bonchev–Trinajstić information content (AvgIpc) is 3.14. The van der Waals surface area contributed by atoms with Crippen molar-refractivity contribution in [3.63, 3.8) is 0 Å². The smallest absolute Gasteiger partial charge is 0.180 e. The normalized spacial score (nSPS) is 16.8. The van der Waals surface area contributed by atoms with Crippen molar-refractivity contribution in [3.8, 4) is 17.6 Å². The van der Waals surface area contributed by atoms with Crippen LogP contribution in [0.1, 0.15) is 48.1 Å². The Balaban J connectivity index is 1.48. The Hall–Kier alpha value is -3.30. The molecule has 5 rings (SSSR count). The van der Waals surface area contributed by atoms with Crippen molar-refractivity contribution < 1.29 is 0 Å².